The van der Waals surface area contributed by atoms with Gasteiger partial charge >= 0.3 is 0 Å². The molecule has 0 saturated carbocycles. The molecule has 0 rings (SSSR count). The Morgan fingerprint density at radius 1 is 1.60 bits per heavy atom. The fourth-order valence-electron chi connectivity index (χ4n) is 0. The van der Waals surface area contributed by atoms with E-state index in [0.29, 0.717) is 0 Å². The van der Waals surface area contributed by atoms with Crippen LogP contribution in [0.2, 0.25) is 5.54 Å². The number of hydrogen-bond acceptors (Lipinski definition) is 0. The van der Waals surface area contributed by atoms with Crippen LogP contribution >= 0.6 is 0 Å². The minimum absolute atomic E-state index is 0.0988. The minimum atomic E-state index is 0.0988. The molecule has 0 unspecified atom stereocenters. The molecular weight excluding hydrogens is 76.1 g/mol. The fraction of sp³-hybridized carbons (Fsp3) is 0.750. The summed E-state index contributed by atoms with van der Waals surface area (Å²) in [7, 11) is 0.0988. The molecule has 0 amide bonds. The lowest BCUT2D eigenvalue weighted by atomic mass is 10.6. The topological polar surface area (TPSA) is 0 Å². The largest absolute Gasteiger partial charge is 0.0657 e. The Bertz CT molecular complexity index is 17.6. The van der Waals surface area contributed by atoms with Crippen LogP contribution in [0.25, 0.3) is 0 Å². The summed E-state index contributed by atoms with van der Waals surface area (Å²) in [4.78, 5) is 0. The standard InChI is InChI=1S/C4H11Si/c1-4(2)5-3/h4H,3,5H2,1-2H3. The van der Waals surface area contributed by atoms with Crippen molar-refractivity contribution in [3.05, 3.63) is 6.55 Å². The van der Waals surface area contributed by atoms with Crippen LogP contribution in [0.15, 0.2) is 0 Å². The quantitative estimate of drug-likeness (QED) is 0.414. The van der Waals surface area contributed by atoms with Gasteiger partial charge < -0.3 is 0 Å². The Labute approximate surface area is 36.4 Å². The highest BCUT2D eigenvalue weighted by Gasteiger charge is 1.81. The second-order valence-electron chi connectivity index (χ2n) is 1.68. The molecule has 0 aliphatic heterocycles. The Balaban J connectivity index is 2.54. The molecule has 0 heterocycles. The summed E-state index contributed by atoms with van der Waals surface area (Å²) >= 11 is 0. The molecule has 31 valence electrons. The Kier molecular flexibility index (Phi) is 2.56. The third kappa shape index (κ3) is 4.22. The van der Waals surface area contributed by atoms with Crippen molar-refractivity contribution in [2.24, 2.45) is 0 Å². The predicted octanol–water partition coefficient (Wildman–Crippen LogP) is 0.775. The van der Waals surface area contributed by atoms with E-state index < -0.39 is 0 Å². The summed E-state index contributed by atoms with van der Waals surface area (Å²) in [5.74, 6) is 0. The molecule has 0 nitrogen and oxygen atoms in total. The number of rotatable bonds is 1. The van der Waals surface area contributed by atoms with E-state index in [4.69, 9.17) is 0 Å². The third-order valence-corrected chi connectivity index (χ3v) is 1.73. The van der Waals surface area contributed by atoms with Crippen LogP contribution < -0.4 is 0 Å². The molecule has 1 heteroatoms. The van der Waals surface area contributed by atoms with Crippen LogP contribution in [0.1, 0.15) is 13.8 Å². The van der Waals surface area contributed by atoms with Crippen LogP contribution in [0, 0.1) is 6.55 Å². The molecule has 0 fully saturated rings. The first kappa shape index (κ1) is 5.22. The molecule has 0 aromatic carbocycles. The van der Waals surface area contributed by atoms with Gasteiger partial charge in [0.2, 0.25) is 0 Å². The van der Waals surface area contributed by atoms with Gasteiger partial charge in [0.25, 0.3) is 0 Å². The SMILES string of the molecule is [CH2][SiH2]C(C)C. The Hall–Kier alpha value is 0.217. The first-order valence-electron chi connectivity index (χ1n) is 2.06. The highest BCUT2D eigenvalue weighted by molar-refractivity contribution is 6.39. The maximum atomic E-state index is 3.82. The van der Waals surface area contributed by atoms with E-state index in [1.54, 1.807) is 0 Å². The smallest absolute Gasteiger partial charge is 0.0221 e. The second-order valence-corrected chi connectivity index (χ2v) is 3.89. The van der Waals surface area contributed by atoms with Gasteiger partial charge in [-0.2, -0.15) is 0 Å². The predicted molar refractivity (Wildman–Crippen MR) is 29.0 cm³/mol. The molecule has 0 aliphatic carbocycles. The molecule has 0 aromatic rings. The van der Waals surface area contributed by atoms with Crippen molar-refractivity contribution in [1.29, 1.82) is 0 Å². The van der Waals surface area contributed by atoms with Crippen LogP contribution in [0.4, 0.5) is 0 Å². The lowest BCUT2D eigenvalue weighted by Crippen LogP contribution is -1.85. The van der Waals surface area contributed by atoms with E-state index in [1.165, 1.54) is 0 Å². The van der Waals surface area contributed by atoms with Crippen molar-refractivity contribution in [2.45, 2.75) is 19.4 Å². The molecule has 0 aromatic heterocycles. The average molecular weight is 87.2 g/mol. The van der Waals surface area contributed by atoms with Gasteiger partial charge in [-0.05, 0) is 0 Å². The van der Waals surface area contributed by atoms with Gasteiger partial charge in [0.05, 0.1) is 0 Å². The summed E-state index contributed by atoms with van der Waals surface area (Å²) in [5, 5.41) is 0. The Morgan fingerprint density at radius 3 is 1.80 bits per heavy atom. The van der Waals surface area contributed by atoms with Crippen molar-refractivity contribution in [1.82, 2.24) is 0 Å². The third-order valence-electron chi connectivity index (χ3n) is 0.577. The van der Waals surface area contributed by atoms with Crippen LogP contribution in [0.3, 0.4) is 0 Å². The second kappa shape index (κ2) is 2.45. The van der Waals surface area contributed by atoms with E-state index in [1.807, 2.05) is 0 Å². The van der Waals surface area contributed by atoms with Crippen molar-refractivity contribution in [3.63, 3.8) is 0 Å². The van der Waals surface area contributed by atoms with E-state index in [0.717, 1.165) is 5.54 Å². The zero-order valence-corrected chi connectivity index (χ0v) is 5.41. The Morgan fingerprint density at radius 2 is 1.80 bits per heavy atom. The van der Waals surface area contributed by atoms with Gasteiger partial charge in [-0.3, -0.25) is 0 Å². The first-order chi connectivity index (χ1) is 2.27. The lowest BCUT2D eigenvalue weighted by molar-refractivity contribution is 1.07. The maximum absolute atomic E-state index is 3.82. The van der Waals surface area contributed by atoms with E-state index in [-0.39, 0.29) is 9.52 Å². The highest BCUT2D eigenvalue weighted by Crippen LogP contribution is 1.92. The molecular formula is C4H11Si. The average Bonchev–Trinajstić information content (AvgIpc) is 1.38. The summed E-state index contributed by atoms with van der Waals surface area (Å²) in [6.45, 7) is 8.27. The molecule has 1 radical (unpaired) electrons. The number of hydrogen-bond donors (Lipinski definition) is 0. The van der Waals surface area contributed by atoms with Gasteiger partial charge in [-0.15, -0.1) is 0 Å². The van der Waals surface area contributed by atoms with Gasteiger partial charge in [-0.25, -0.2) is 0 Å². The van der Waals surface area contributed by atoms with Crippen molar-refractivity contribution in [3.8, 4) is 0 Å². The van der Waals surface area contributed by atoms with Crippen molar-refractivity contribution in [2.75, 3.05) is 0 Å². The minimum Gasteiger partial charge on any atom is -0.0657 e. The molecule has 0 bridgehead atoms. The molecule has 0 saturated heterocycles. The normalized spacial score (nSPS) is 12.0. The van der Waals surface area contributed by atoms with E-state index in [2.05, 4.69) is 20.4 Å². The zero-order valence-electron chi connectivity index (χ0n) is 3.99. The van der Waals surface area contributed by atoms with Crippen LogP contribution in [0.5, 0.6) is 0 Å². The van der Waals surface area contributed by atoms with Gasteiger partial charge in [0.15, 0.2) is 0 Å². The summed E-state index contributed by atoms with van der Waals surface area (Å²) in [6.07, 6.45) is 0. The van der Waals surface area contributed by atoms with Gasteiger partial charge in [0.1, 0.15) is 0 Å². The zero-order chi connectivity index (χ0) is 4.28. The monoisotopic (exact) mass is 87.1 g/mol. The first-order valence-corrected chi connectivity index (χ1v) is 3.88. The molecule has 5 heavy (non-hydrogen) atoms. The summed E-state index contributed by atoms with van der Waals surface area (Å²) in [6, 6.07) is 0. The van der Waals surface area contributed by atoms with Crippen LogP contribution in [-0.2, 0) is 0 Å². The summed E-state index contributed by atoms with van der Waals surface area (Å²) in [5.41, 5.74) is 0.912. The lowest BCUT2D eigenvalue weighted by Gasteiger charge is -1.89. The van der Waals surface area contributed by atoms with E-state index >= 15 is 0 Å². The fourth-order valence-corrected chi connectivity index (χ4v) is 0. The van der Waals surface area contributed by atoms with Crippen molar-refractivity contribution >= 4 is 9.52 Å². The highest BCUT2D eigenvalue weighted by atomic mass is 28.2. The molecule has 0 N–H and O–H groups in total. The molecule has 0 aliphatic rings. The van der Waals surface area contributed by atoms with Gasteiger partial charge in [0, 0.05) is 9.52 Å². The maximum Gasteiger partial charge on any atom is 0.0221 e. The van der Waals surface area contributed by atoms with E-state index in [9.17, 15) is 0 Å². The molecule has 0 spiro atoms. The molecule has 0 atom stereocenters. The summed E-state index contributed by atoms with van der Waals surface area (Å²) < 4.78 is 0. The van der Waals surface area contributed by atoms with Crippen molar-refractivity contribution < 1.29 is 0 Å². The van der Waals surface area contributed by atoms with Crippen LogP contribution in [-0.4, -0.2) is 9.52 Å². The van der Waals surface area contributed by atoms with Gasteiger partial charge in [-0.1, -0.05) is 25.9 Å².